The van der Waals surface area contributed by atoms with Gasteiger partial charge in [-0.15, -0.1) is 0 Å². The molecule has 1 N–H and O–H groups in total. The molecule has 0 atom stereocenters. The molecule has 15 heavy (non-hydrogen) atoms. The third kappa shape index (κ3) is 3.23. The number of amides is 1. The number of anilines is 2. The van der Waals surface area contributed by atoms with Gasteiger partial charge in [0.25, 0.3) is 0 Å². The Hall–Kier alpha value is -1.03. The fraction of sp³-hybridized carbons (Fsp3) is 0.364. The molecule has 0 aliphatic heterocycles. The van der Waals surface area contributed by atoms with Crippen LogP contribution in [0, 0.1) is 0 Å². The lowest BCUT2D eigenvalue weighted by Gasteiger charge is -2.18. The lowest BCUT2D eigenvalue weighted by atomic mass is 10.2. The van der Waals surface area contributed by atoms with Gasteiger partial charge in [-0.1, -0.05) is 22.9 Å². The Morgan fingerprint density at radius 3 is 2.67 bits per heavy atom. The maximum atomic E-state index is 11.3. The number of halogens is 1. The van der Waals surface area contributed by atoms with Crippen molar-refractivity contribution in [1.29, 1.82) is 0 Å². The largest absolute Gasteiger partial charge is 0.376 e. The van der Waals surface area contributed by atoms with Gasteiger partial charge in [0.05, 0.1) is 11.4 Å². The van der Waals surface area contributed by atoms with Crippen molar-refractivity contribution in [2.75, 3.05) is 24.3 Å². The number of rotatable bonds is 3. The van der Waals surface area contributed by atoms with E-state index >= 15 is 0 Å². The highest BCUT2D eigenvalue weighted by Gasteiger charge is 2.07. The molecule has 0 aromatic heterocycles. The fourth-order valence-corrected chi connectivity index (χ4v) is 1.60. The van der Waals surface area contributed by atoms with Gasteiger partial charge in [-0.25, -0.2) is 0 Å². The molecule has 0 saturated carbocycles. The first kappa shape index (κ1) is 12.0. The molecule has 1 aromatic rings. The third-order valence-corrected chi connectivity index (χ3v) is 2.53. The highest BCUT2D eigenvalue weighted by Crippen LogP contribution is 2.27. The molecule has 0 aliphatic rings. The molecule has 0 heterocycles. The minimum Gasteiger partial charge on any atom is -0.376 e. The van der Waals surface area contributed by atoms with Crippen molar-refractivity contribution >= 4 is 33.2 Å². The summed E-state index contributed by atoms with van der Waals surface area (Å²) in [7, 11) is 3.90. The molecule has 0 fully saturated rings. The van der Waals surface area contributed by atoms with Crippen LogP contribution in [-0.2, 0) is 4.79 Å². The molecule has 82 valence electrons. The van der Waals surface area contributed by atoms with E-state index in [0.29, 0.717) is 6.42 Å². The van der Waals surface area contributed by atoms with E-state index in [1.54, 1.807) is 0 Å². The predicted molar refractivity (Wildman–Crippen MR) is 67.4 cm³/mol. The van der Waals surface area contributed by atoms with Crippen LogP contribution in [0.15, 0.2) is 22.7 Å². The smallest absolute Gasteiger partial charge is 0.224 e. The Morgan fingerprint density at radius 2 is 2.13 bits per heavy atom. The number of hydrogen-bond donors (Lipinski definition) is 1. The molecule has 0 saturated heterocycles. The summed E-state index contributed by atoms with van der Waals surface area (Å²) < 4.78 is 0.958. The van der Waals surface area contributed by atoms with E-state index in [1.807, 2.05) is 44.1 Å². The van der Waals surface area contributed by atoms with Crippen molar-refractivity contribution in [2.45, 2.75) is 13.3 Å². The molecule has 0 unspecified atom stereocenters. The van der Waals surface area contributed by atoms with Crippen LogP contribution < -0.4 is 10.2 Å². The van der Waals surface area contributed by atoms with E-state index in [2.05, 4.69) is 21.2 Å². The Labute approximate surface area is 98.6 Å². The van der Waals surface area contributed by atoms with Gasteiger partial charge < -0.3 is 10.2 Å². The quantitative estimate of drug-likeness (QED) is 0.916. The first-order valence-electron chi connectivity index (χ1n) is 4.81. The molecule has 0 bridgehead atoms. The van der Waals surface area contributed by atoms with Gasteiger partial charge in [0.1, 0.15) is 0 Å². The van der Waals surface area contributed by atoms with Crippen molar-refractivity contribution in [3.63, 3.8) is 0 Å². The number of benzene rings is 1. The standard InChI is InChI=1S/C11H15BrN2O/c1-4-11(15)13-9-7-8(12)5-6-10(9)14(2)3/h5-7H,4H2,1-3H3,(H,13,15). The van der Waals surface area contributed by atoms with Crippen molar-refractivity contribution < 1.29 is 4.79 Å². The van der Waals surface area contributed by atoms with Crippen LogP contribution in [0.3, 0.4) is 0 Å². The second-order valence-electron chi connectivity index (χ2n) is 3.46. The summed E-state index contributed by atoms with van der Waals surface area (Å²) in [5.74, 6) is 0.0243. The zero-order valence-electron chi connectivity index (χ0n) is 9.17. The van der Waals surface area contributed by atoms with E-state index < -0.39 is 0 Å². The van der Waals surface area contributed by atoms with Gasteiger partial charge in [0.2, 0.25) is 5.91 Å². The highest BCUT2D eigenvalue weighted by molar-refractivity contribution is 9.10. The second-order valence-corrected chi connectivity index (χ2v) is 4.37. The second kappa shape index (κ2) is 5.16. The number of carbonyl (C=O) groups excluding carboxylic acids is 1. The van der Waals surface area contributed by atoms with Crippen molar-refractivity contribution in [2.24, 2.45) is 0 Å². The summed E-state index contributed by atoms with van der Waals surface area (Å²) in [5, 5.41) is 2.87. The van der Waals surface area contributed by atoms with E-state index in [-0.39, 0.29) is 5.91 Å². The van der Waals surface area contributed by atoms with Gasteiger partial charge in [0, 0.05) is 25.0 Å². The highest BCUT2D eigenvalue weighted by atomic mass is 79.9. The molecule has 0 spiro atoms. The summed E-state index contributed by atoms with van der Waals surface area (Å²) in [6, 6.07) is 5.83. The number of carbonyl (C=O) groups is 1. The molecule has 1 aromatic carbocycles. The van der Waals surface area contributed by atoms with Crippen LogP contribution in [0.1, 0.15) is 13.3 Å². The van der Waals surface area contributed by atoms with E-state index in [1.165, 1.54) is 0 Å². The monoisotopic (exact) mass is 270 g/mol. The zero-order chi connectivity index (χ0) is 11.4. The lowest BCUT2D eigenvalue weighted by molar-refractivity contribution is -0.115. The fourth-order valence-electron chi connectivity index (χ4n) is 1.24. The lowest BCUT2D eigenvalue weighted by Crippen LogP contribution is -2.15. The Balaban J connectivity index is 3.02. The van der Waals surface area contributed by atoms with E-state index in [0.717, 1.165) is 15.8 Å². The first-order valence-corrected chi connectivity index (χ1v) is 5.60. The zero-order valence-corrected chi connectivity index (χ0v) is 10.8. The summed E-state index contributed by atoms with van der Waals surface area (Å²) >= 11 is 3.39. The number of hydrogen-bond acceptors (Lipinski definition) is 2. The molecule has 4 heteroatoms. The number of nitrogens with one attached hydrogen (secondary N) is 1. The van der Waals surface area contributed by atoms with Gasteiger partial charge >= 0.3 is 0 Å². The van der Waals surface area contributed by atoms with Crippen molar-refractivity contribution in [3.8, 4) is 0 Å². The normalized spacial score (nSPS) is 9.87. The molecular formula is C11H15BrN2O. The molecular weight excluding hydrogens is 256 g/mol. The summed E-state index contributed by atoms with van der Waals surface area (Å²) in [6.07, 6.45) is 0.485. The maximum Gasteiger partial charge on any atom is 0.224 e. The SMILES string of the molecule is CCC(=O)Nc1cc(Br)ccc1N(C)C. The maximum absolute atomic E-state index is 11.3. The van der Waals surface area contributed by atoms with Crippen LogP contribution >= 0.6 is 15.9 Å². The van der Waals surface area contributed by atoms with E-state index in [9.17, 15) is 4.79 Å². The van der Waals surface area contributed by atoms with Crippen molar-refractivity contribution in [3.05, 3.63) is 22.7 Å². The molecule has 1 rings (SSSR count). The minimum absolute atomic E-state index is 0.0243. The van der Waals surface area contributed by atoms with Crippen LogP contribution in [0.25, 0.3) is 0 Å². The predicted octanol–water partition coefficient (Wildman–Crippen LogP) is 2.86. The Kier molecular flexibility index (Phi) is 4.15. The number of nitrogens with zero attached hydrogens (tertiary/aromatic N) is 1. The van der Waals surface area contributed by atoms with Gasteiger partial charge in [-0.3, -0.25) is 4.79 Å². The van der Waals surface area contributed by atoms with E-state index in [4.69, 9.17) is 0 Å². The molecule has 0 radical (unpaired) electrons. The molecule has 3 nitrogen and oxygen atoms in total. The Morgan fingerprint density at radius 1 is 1.47 bits per heavy atom. The summed E-state index contributed by atoms with van der Waals surface area (Å²) in [5.41, 5.74) is 1.83. The van der Waals surface area contributed by atoms with Gasteiger partial charge in [-0.05, 0) is 18.2 Å². The van der Waals surface area contributed by atoms with Crippen LogP contribution in [0.4, 0.5) is 11.4 Å². The minimum atomic E-state index is 0.0243. The summed E-state index contributed by atoms with van der Waals surface area (Å²) in [6.45, 7) is 1.84. The molecule has 1 amide bonds. The van der Waals surface area contributed by atoms with Crippen LogP contribution in [-0.4, -0.2) is 20.0 Å². The van der Waals surface area contributed by atoms with Gasteiger partial charge in [0.15, 0.2) is 0 Å². The van der Waals surface area contributed by atoms with Crippen molar-refractivity contribution in [1.82, 2.24) is 0 Å². The molecule has 0 aliphatic carbocycles. The average Bonchev–Trinajstić information content (AvgIpc) is 2.17. The summed E-state index contributed by atoms with van der Waals surface area (Å²) in [4.78, 5) is 13.3. The third-order valence-electron chi connectivity index (χ3n) is 2.04. The topological polar surface area (TPSA) is 32.3 Å². The van der Waals surface area contributed by atoms with Crippen LogP contribution in [0.2, 0.25) is 0 Å². The Bertz CT molecular complexity index is 364. The van der Waals surface area contributed by atoms with Gasteiger partial charge in [-0.2, -0.15) is 0 Å². The van der Waals surface area contributed by atoms with Crippen LogP contribution in [0.5, 0.6) is 0 Å². The first-order chi connectivity index (χ1) is 7.04. The average molecular weight is 271 g/mol.